The van der Waals surface area contributed by atoms with Gasteiger partial charge in [-0.05, 0) is 33.1 Å². The molecule has 1 aromatic rings. The number of anilines is 1. The lowest BCUT2D eigenvalue weighted by Gasteiger charge is -2.21. The number of hydrogen-bond donors (Lipinski definition) is 1. The van der Waals surface area contributed by atoms with Gasteiger partial charge < -0.3 is 15.5 Å². The number of nitrogens with zero attached hydrogens (tertiary/aromatic N) is 2. The van der Waals surface area contributed by atoms with Gasteiger partial charge in [0.05, 0.1) is 5.69 Å². The molecule has 0 aromatic heterocycles. The fourth-order valence-electron chi connectivity index (χ4n) is 1.78. The van der Waals surface area contributed by atoms with Crippen molar-refractivity contribution in [2.75, 3.05) is 39.1 Å². The molecule has 0 spiro atoms. The Labute approximate surface area is 107 Å². The first-order valence-electron chi connectivity index (χ1n) is 6.00. The minimum atomic E-state index is -0.838. The molecule has 0 amide bonds. The van der Waals surface area contributed by atoms with Crippen LogP contribution in [0, 0.1) is 11.6 Å². The summed E-state index contributed by atoms with van der Waals surface area (Å²) in [5, 5.41) is 0. The first-order chi connectivity index (χ1) is 8.47. The molecular formula is C13H21F2N3. The summed E-state index contributed by atoms with van der Waals surface area (Å²) in [4.78, 5) is 3.78. The molecule has 1 aromatic carbocycles. The van der Waals surface area contributed by atoms with Crippen LogP contribution in [0.2, 0.25) is 0 Å². The number of benzene rings is 1. The average molecular weight is 257 g/mol. The Kier molecular flexibility index (Phi) is 5.50. The monoisotopic (exact) mass is 257 g/mol. The molecule has 0 aliphatic rings. The molecule has 5 heteroatoms. The highest BCUT2D eigenvalue weighted by molar-refractivity contribution is 5.49. The maximum Gasteiger partial charge on any atom is 0.182 e. The molecule has 1 rings (SSSR count). The average Bonchev–Trinajstić information content (AvgIpc) is 2.32. The fourth-order valence-corrected chi connectivity index (χ4v) is 1.78. The normalized spacial score (nSPS) is 11.1. The van der Waals surface area contributed by atoms with Crippen LogP contribution in [0.15, 0.2) is 12.1 Å². The lowest BCUT2D eigenvalue weighted by Crippen LogP contribution is -2.24. The zero-order chi connectivity index (χ0) is 13.7. The van der Waals surface area contributed by atoms with Gasteiger partial charge in [0.15, 0.2) is 11.6 Å². The van der Waals surface area contributed by atoms with Crippen LogP contribution < -0.4 is 10.6 Å². The topological polar surface area (TPSA) is 32.5 Å². The zero-order valence-corrected chi connectivity index (χ0v) is 11.2. The number of rotatable bonds is 6. The third kappa shape index (κ3) is 3.65. The Hall–Kier alpha value is -1.20. The van der Waals surface area contributed by atoms with Crippen molar-refractivity contribution in [2.24, 2.45) is 5.73 Å². The maximum absolute atomic E-state index is 13.8. The summed E-state index contributed by atoms with van der Waals surface area (Å²) in [6.07, 6.45) is 0.892. The van der Waals surface area contributed by atoms with Crippen molar-refractivity contribution in [3.05, 3.63) is 29.3 Å². The molecule has 18 heavy (non-hydrogen) atoms. The number of halogens is 2. The van der Waals surface area contributed by atoms with Crippen molar-refractivity contribution < 1.29 is 8.78 Å². The summed E-state index contributed by atoms with van der Waals surface area (Å²) < 4.78 is 27.4. The predicted octanol–water partition coefficient (Wildman–Crippen LogP) is 1.81. The van der Waals surface area contributed by atoms with Crippen molar-refractivity contribution in [1.82, 2.24) is 4.90 Å². The molecule has 0 heterocycles. The Bertz CT molecular complexity index is 394. The van der Waals surface area contributed by atoms with Gasteiger partial charge in [-0.2, -0.15) is 0 Å². The van der Waals surface area contributed by atoms with Gasteiger partial charge in [0, 0.05) is 25.7 Å². The maximum atomic E-state index is 13.8. The second kappa shape index (κ2) is 6.66. The quantitative estimate of drug-likeness (QED) is 0.843. The third-order valence-corrected chi connectivity index (χ3v) is 2.87. The molecule has 102 valence electrons. The van der Waals surface area contributed by atoms with Crippen molar-refractivity contribution in [3.8, 4) is 0 Å². The first-order valence-corrected chi connectivity index (χ1v) is 6.00. The van der Waals surface area contributed by atoms with Crippen molar-refractivity contribution >= 4 is 5.69 Å². The van der Waals surface area contributed by atoms with Crippen LogP contribution in [0.25, 0.3) is 0 Å². The molecule has 0 unspecified atom stereocenters. The number of hydrogen-bond acceptors (Lipinski definition) is 3. The van der Waals surface area contributed by atoms with E-state index in [2.05, 4.69) is 4.90 Å². The molecule has 0 atom stereocenters. The van der Waals surface area contributed by atoms with E-state index in [1.165, 1.54) is 6.07 Å². The molecular weight excluding hydrogens is 236 g/mol. The lowest BCUT2D eigenvalue weighted by atomic mass is 10.1. The molecule has 0 bridgehead atoms. The molecule has 0 radical (unpaired) electrons. The summed E-state index contributed by atoms with van der Waals surface area (Å²) in [7, 11) is 5.72. The third-order valence-electron chi connectivity index (χ3n) is 2.87. The van der Waals surface area contributed by atoms with Crippen molar-refractivity contribution in [3.63, 3.8) is 0 Å². The van der Waals surface area contributed by atoms with E-state index in [4.69, 9.17) is 5.73 Å². The Morgan fingerprint density at radius 1 is 1.06 bits per heavy atom. The van der Waals surface area contributed by atoms with Crippen molar-refractivity contribution in [2.45, 2.75) is 13.0 Å². The van der Waals surface area contributed by atoms with E-state index in [1.54, 1.807) is 18.0 Å². The minimum absolute atomic E-state index is 0.00732. The number of nitrogens with two attached hydrogens (primary N) is 1. The molecule has 0 aliphatic carbocycles. The fraction of sp³-hybridized carbons (Fsp3) is 0.538. The lowest BCUT2D eigenvalue weighted by molar-refractivity contribution is 0.401. The van der Waals surface area contributed by atoms with Crippen molar-refractivity contribution in [1.29, 1.82) is 0 Å². The first kappa shape index (κ1) is 14.9. The second-order valence-corrected chi connectivity index (χ2v) is 4.65. The van der Waals surface area contributed by atoms with E-state index in [1.807, 2.05) is 14.1 Å². The Morgan fingerprint density at radius 3 is 2.28 bits per heavy atom. The van der Waals surface area contributed by atoms with Gasteiger partial charge in [0.25, 0.3) is 0 Å². The van der Waals surface area contributed by atoms with E-state index in [9.17, 15) is 8.78 Å². The summed E-state index contributed by atoms with van der Waals surface area (Å²) in [5.41, 5.74) is 5.82. The van der Waals surface area contributed by atoms with Gasteiger partial charge in [-0.3, -0.25) is 0 Å². The molecule has 0 fully saturated rings. The summed E-state index contributed by atoms with van der Waals surface area (Å²) in [6.45, 7) is 1.60. The van der Waals surface area contributed by atoms with Crippen LogP contribution in [0.4, 0.5) is 14.5 Å². The van der Waals surface area contributed by atoms with E-state index in [0.29, 0.717) is 6.54 Å². The smallest absolute Gasteiger partial charge is 0.182 e. The molecule has 0 aliphatic heterocycles. The van der Waals surface area contributed by atoms with E-state index >= 15 is 0 Å². The molecule has 0 saturated heterocycles. The van der Waals surface area contributed by atoms with E-state index < -0.39 is 11.6 Å². The van der Waals surface area contributed by atoms with Crippen LogP contribution in [0.1, 0.15) is 12.0 Å². The summed E-state index contributed by atoms with van der Waals surface area (Å²) in [5.74, 6) is -1.65. The van der Waals surface area contributed by atoms with Gasteiger partial charge in [-0.15, -0.1) is 0 Å². The Morgan fingerprint density at radius 2 is 1.72 bits per heavy atom. The van der Waals surface area contributed by atoms with Gasteiger partial charge >= 0.3 is 0 Å². The highest BCUT2D eigenvalue weighted by Gasteiger charge is 2.15. The standard InChI is InChI=1S/C13H21F2N3/c1-17(2)7-4-8-18(3)11-6-5-10(9-16)12(14)13(11)15/h5-6H,4,7-9,16H2,1-3H3. The highest BCUT2D eigenvalue weighted by atomic mass is 19.2. The predicted molar refractivity (Wildman–Crippen MR) is 70.7 cm³/mol. The van der Waals surface area contributed by atoms with Gasteiger partial charge in [0.1, 0.15) is 0 Å². The summed E-state index contributed by atoms with van der Waals surface area (Å²) >= 11 is 0. The summed E-state index contributed by atoms with van der Waals surface area (Å²) in [6, 6.07) is 3.12. The molecule has 0 saturated carbocycles. The molecule has 2 N–H and O–H groups in total. The second-order valence-electron chi connectivity index (χ2n) is 4.65. The van der Waals surface area contributed by atoms with Crippen LogP contribution in [0.3, 0.4) is 0 Å². The van der Waals surface area contributed by atoms with Crippen LogP contribution in [-0.4, -0.2) is 39.1 Å². The molecule has 3 nitrogen and oxygen atoms in total. The van der Waals surface area contributed by atoms with E-state index in [-0.39, 0.29) is 17.8 Å². The van der Waals surface area contributed by atoms with Crippen LogP contribution >= 0.6 is 0 Å². The largest absolute Gasteiger partial charge is 0.372 e. The van der Waals surface area contributed by atoms with Crippen LogP contribution in [-0.2, 0) is 6.54 Å². The van der Waals surface area contributed by atoms with Gasteiger partial charge in [0.2, 0.25) is 0 Å². The Balaban J connectivity index is 2.74. The minimum Gasteiger partial charge on any atom is -0.372 e. The highest BCUT2D eigenvalue weighted by Crippen LogP contribution is 2.23. The zero-order valence-electron chi connectivity index (χ0n) is 11.2. The van der Waals surface area contributed by atoms with E-state index in [0.717, 1.165) is 13.0 Å². The van der Waals surface area contributed by atoms with Gasteiger partial charge in [-0.25, -0.2) is 8.78 Å². The van der Waals surface area contributed by atoms with Crippen LogP contribution in [0.5, 0.6) is 0 Å². The SMILES string of the molecule is CN(C)CCCN(C)c1ccc(CN)c(F)c1F. The van der Waals surface area contributed by atoms with Gasteiger partial charge in [-0.1, -0.05) is 6.07 Å².